The molecule has 0 aliphatic carbocycles. The number of ether oxygens (including phenoxy) is 2. The maximum atomic E-state index is 12.0. The molecule has 0 saturated carbocycles. The van der Waals surface area contributed by atoms with Crippen molar-refractivity contribution in [2.24, 2.45) is 0 Å². The number of para-hydroxylation sites is 1. The van der Waals surface area contributed by atoms with Gasteiger partial charge >= 0.3 is 0 Å². The number of carbonyl (C=O) groups excluding carboxylic acids is 1. The van der Waals surface area contributed by atoms with Gasteiger partial charge in [0.2, 0.25) is 0 Å². The van der Waals surface area contributed by atoms with E-state index >= 15 is 0 Å². The molecule has 24 heavy (non-hydrogen) atoms. The highest BCUT2D eigenvalue weighted by molar-refractivity contribution is 6.37. The molecule has 8 heteroatoms. The summed E-state index contributed by atoms with van der Waals surface area (Å²) in [6, 6.07) is 6.73. The lowest BCUT2D eigenvalue weighted by Gasteiger charge is -2.09. The molecule has 0 bridgehead atoms. The lowest BCUT2D eigenvalue weighted by molar-refractivity contribution is 0.0937. The van der Waals surface area contributed by atoms with Crippen LogP contribution in [0, 0.1) is 0 Å². The van der Waals surface area contributed by atoms with Crippen molar-refractivity contribution in [3.63, 3.8) is 0 Å². The molecule has 0 unspecified atom stereocenters. The van der Waals surface area contributed by atoms with E-state index in [1.807, 2.05) is 6.92 Å². The molecule has 1 aromatic carbocycles. The van der Waals surface area contributed by atoms with E-state index in [0.29, 0.717) is 41.2 Å². The van der Waals surface area contributed by atoms with E-state index in [2.05, 4.69) is 10.4 Å². The molecule has 1 N–H and O–H groups in total. The number of nitrogens with zero attached hydrogens (tertiary/aromatic N) is 2. The normalized spacial score (nSPS) is 10.6. The quantitative estimate of drug-likeness (QED) is 0.686. The third kappa shape index (κ3) is 5.40. The molecule has 0 spiro atoms. The van der Waals surface area contributed by atoms with Crippen LogP contribution in [0.2, 0.25) is 10.0 Å². The summed E-state index contributed by atoms with van der Waals surface area (Å²) in [6.45, 7) is 3.87. The number of benzene rings is 1. The molecular formula is C16H19Cl2N3O3. The number of hydrogen-bond donors (Lipinski definition) is 1. The molecule has 0 radical (unpaired) electrons. The second-order valence-corrected chi connectivity index (χ2v) is 5.69. The van der Waals surface area contributed by atoms with E-state index in [1.54, 1.807) is 30.5 Å². The van der Waals surface area contributed by atoms with E-state index < -0.39 is 0 Å². The van der Waals surface area contributed by atoms with Crippen molar-refractivity contribution in [3.8, 4) is 5.75 Å². The van der Waals surface area contributed by atoms with Gasteiger partial charge in [-0.1, -0.05) is 29.3 Å². The zero-order valence-corrected chi connectivity index (χ0v) is 14.8. The predicted molar refractivity (Wildman–Crippen MR) is 92.8 cm³/mol. The third-order valence-corrected chi connectivity index (χ3v) is 3.68. The summed E-state index contributed by atoms with van der Waals surface area (Å²) >= 11 is 12.1. The maximum absolute atomic E-state index is 12.0. The van der Waals surface area contributed by atoms with Crippen molar-refractivity contribution in [2.75, 3.05) is 19.8 Å². The van der Waals surface area contributed by atoms with Gasteiger partial charge < -0.3 is 14.8 Å². The minimum atomic E-state index is -0.235. The van der Waals surface area contributed by atoms with Gasteiger partial charge in [0, 0.05) is 26.0 Å². The van der Waals surface area contributed by atoms with E-state index in [1.165, 1.54) is 4.68 Å². The molecule has 2 rings (SSSR count). The maximum Gasteiger partial charge on any atom is 0.271 e. The highest BCUT2D eigenvalue weighted by atomic mass is 35.5. The summed E-state index contributed by atoms with van der Waals surface area (Å²) < 4.78 is 12.3. The van der Waals surface area contributed by atoms with Gasteiger partial charge in [0.1, 0.15) is 5.69 Å². The molecule has 0 saturated heterocycles. The van der Waals surface area contributed by atoms with Gasteiger partial charge in [-0.3, -0.25) is 4.79 Å². The Morgan fingerprint density at radius 1 is 1.29 bits per heavy atom. The second-order valence-electron chi connectivity index (χ2n) is 4.87. The Morgan fingerprint density at radius 3 is 2.75 bits per heavy atom. The van der Waals surface area contributed by atoms with Crippen LogP contribution >= 0.6 is 23.2 Å². The summed E-state index contributed by atoms with van der Waals surface area (Å²) in [5.74, 6) is 0.152. The van der Waals surface area contributed by atoms with Crippen LogP contribution in [0.1, 0.15) is 23.8 Å². The number of nitrogens with one attached hydrogen (secondary N) is 1. The molecule has 0 aliphatic rings. The fourth-order valence-electron chi connectivity index (χ4n) is 1.92. The zero-order chi connectivity index (χ0) is 17.4. The topological polar surface area (TPSA) is 65.4 Å². The molecular weight excluding hydrogens is 353 g/mol. The van der Waals surface area contributed by atoms with Gasteiger partial charge in [-0.15, -0.1) is 0 Å². The Labute approximate surface area is 150 Å². The van der Waals surface area contributed by atoms with Crippen LogP contribution in [-0.4, -0.2) is 35.4 Å². The lowest BCUT2D eigenvalue weighted by atomic mass is 10.3. The average Bonchev–Trinajstić information content (AvgIpc) is 3.03. The molecule has 2 aromatic rings. The first kappa shape index (κ1) is 18.6. The van der Waals surface area contributed by atoms with Gasteiger partial charge in [-0.2, -0.15) is 5.10 Å². The summed E-state index contributed by atoms with van der Waals surface area (Å²) in [5.41, 5.74) is 0.320. The van der Waals surface area contributed by atoms with E-state index in [0.717, 1.165) is 6.42 Å². The van der Waals surface area contributed by atoms with Gasteiger partial charge in [-0.05, 0) is 31.5 Å². The number of carbonyl (C=O) groups is 1. The smallest absolute Gasteiger partial charge is 0.271 e. The van der Waals surface area contributed by atoms with Crippen molar-refractivity contribution in [1.29, 1.82) is 0 Å². The molecule has 0 atom stereocenters. The van der Waals surface area contributed by atoms with Gasteiger partial charge in [0.25, 0.3) is 5.91 Å². The highest BCUT2D eigenvalue weighted by Crippen LogP contribution is 2.32. The predicted octanol–water partition coefficient (Wildman–Crippen LogP) is 3.38. The van der Waals surface area contributed by atoms with E-state index in [-0.39, 0.29) is 12.6 Å². The fourth-order valence-corrected chi connectivity index (χ4v) is 2.42. The van der Waals surface area contributed by atoms with Crippen LogP contribution in [0.25, 0.3) is 0 Å². The number of aromatic nitrogens is 2. The Morgan fingerprint density at radius 2 is 2.04 bits per heavy atom. The van der Waals surface area contributed by atoms with E-state index in [4.69, 9.17) is 32.7 Å². The number of amides is 1. The van der Waals surface area contributed by atoms with Crippen LogP contribution in [0.5, 0.6) is 5.75 Å². The zero-order valence-electron chi connectivity index (χ0n) is 13.3. The Balaban J connectivity index is 1.83. The lowest BCUT2D eigenvalue weighted by Crippen LogP contribution is -2.26. The summed E-state index contributed by atoms with van der Waals surface area (Å²) in [7, 11) is 0. The molecule has 1 heterocycles. The molecule has 130 valence electrons. The van der Waals surface area contributed by atoms with Crippen LogP contribution in [-0.2, 0) is 11.5 Å². The van der Waals surface area contributed by atoms with Crippen molar-refractivity contribution in [1.82, 2.24) is 15.1 Å². The van der Waals surface area contributed by atoms with Gasteiger partial charge in [-0.25, -0.2) is 4.68 Å². The summed E-state index contributed by atoms with van der Waals surface area (Å²) in [6.07, 6.45) is 2.41. The second kappa shape index (κ2) is 9.52. The van der Waals surface area contributed by atoms with Crippen LogP contribution in [0.15, 0.2) is 30.5 Å². The number of halogens is 2. The SMILES string of the molecule is CCOCCCNC(=O)c1ccn(COc2c(Cl)cccc2Cl)n1. The minimum Gasteiger partial charge on any atom is -0.468 e. The van der Waals surface area contributed by atoms with Crippen molar-refractivity contribution < 1.29 is 14.3 Å². The molecule has 1 amide bonds. The van der Waals surface area contributed by atoms with Crippen LogP contribution in [0.4, 0.5) is 0 Å². The van der Waals surface area contributed by atoms with Crippen molar-refractivity contribution in [2.45, 2.75) is 20.1 Å². The Bertz CT molecular complexity index is 656. The molecule has 0 fully saturated rings. The fraction of sp³-hybridized carbons (Fsp3) is 0.375. The first-order valence-corrected chi connectivity index (χ1v) is 8.33. The summed E-state index contributed by atoms with van der Waals surface area (Å²) in [4.78, 5) is 12.0. The first-order chi connectivity index (χ1) is 11.6. The number of hydrogen-bond acceptors (Lipinski definition) is 4. The van der Waals surface area contributed by atoms with Crippen molar-refractivity contribution in [3.05, 3.63) is 46.2 Å². The van der Waals surface area contributed by atoms with Gasteiger partial charge in [0.05, 0.1) is 10.0 Å². The first-order valence-electron chi connectivity index (χ1n) is 7.58. The van der Waals surface area contributed by atoms with Crippen molar-refractivity contribution >= 4 is 29.1 Å². The van der Waals surface area contributed by atoms with E-state index in [9.17, 15) is 4.79 Å². The number of rotatable bonds is 9. The monoisotopic (exact) mass is 371 g/mol. The Hall–Kier alpha value is -1.76. The summed E-state index contributed by atoms with van der Waals surface area (Å²) in [5, 5.41) is 7.78. The average molecular weight is 372 g/mol. The molecule has 6 nitrogen and oxygen atoms in total. The van der Waals surface area contributed by atoms with Gasteiger partial charge in [0.15, 0.2) is 12.5 Å². The third-order valence-electron chi connectivity index (χ3n) is 3.09. The highest BCUT2D eigenvalue weighted by Gasteiger charge is 2.10. The largest absolute Gasteiger partial charge is 0.468 e. The molecule has 1 aromatic heterocycles. The Kier molecular flexibility index (Phi) is 7.36. The standard InChI is InChI=1S/C16H19Cl2N3O3/c1-2-23-10-4-8-19-16(22)14-7-9-21(20-14)11-24-15-12(17)5-3-6-13(15)18/h3,5-7,9H,2,4,8,10-11H2,1H3,(H,19,22). The van der Waals surface area contributed by atoms with Crippen LogP contribution < -0.4 is 10.1 Å². The molecule has 0 aliphatic heterocycles. The minimum absolute atomic E-state index is 0.0983. The van der Waals surface area contributed by atoms with Crippen LogP contribution in [0.3, 0.4) is 0 Å².